The third-order valence-corrected chi connectivity index (χ3v) is 5.18. The number of hydrogen-bond donors (Lipinski definition) is 0. The zero-order chi connectivity index (χ0) is 15.0. The lowest BCUT2D eigenvalue weighted by molar-refractivity contribution is -0.131. The van der Waals surface area contributed by atoms with Gasteiger partial charge in [0.25, 0.3) is 0 Å². The van der Waals surface area contributed by atoms with E-state index in [2.05, 4.69) is 23.8 Å². The van der Waals surface area contributed by atoms with Crippen molar-refractivity contribution in [2.75, 3.05) is 6.54 Å². The number of hydrogen-bond acceptors (Lipinski definition) is 4. The molecule has 2 aromatic heterocycles. The van der Waals surface area contributed by atoms with Gasteiger partial charge in [-0.05, 0) is 29.7 Å². The molecule has 3 rings (SSSR count). The Balaban J connectivity index is 1.82. The Labute approximate surface area is 133 Å². The van der Waals surface area contributed by atoms with Crippen LogP contribution in [-0.4, -0.2) is 27.3 Å². The Hall–Kier alpha value is -1.20. The Morgan fingerprint density at radius 3 is 3.00 bits per heavy atom. The summed E-state index contributed by atoms with van der Waals surface area (Å²) in [5.41, 5.74) is 0.223. The fourth-order valence-corrected chi connectivity index (χ4v) is 3.65. The van der Waals surface area contributed by atoms with E-state index in [1.54, 1.807) is 11.3 Å². The van der Waals surface area contributed by atoms with Crippen molar-refractivity contribution in [2.24, 2.45) is 5.41 Å². The molecule has 1 aliphatic heterocycles. The van der Waals surface area contributed by atoms with Gasteiger partial charge in [-0.1, -0.05) is 25.4 Å². The van der Waals surface area contributed by atoms with Crippen LogP contribution in [0.2, 0.25) is 5.15 Å². The summed E-state index contributed by atoms with van der Waals surface area (Å²) < 4.78 is 0. The topological polar surface area (TPSA) is 46.1 Å². The molecule has 0 unspecified atom stereocenters. The van der Waals surface area contributed by atoms with Gasteiger partial charge >= 0.3 is 0 Å². The van der Waals surface area contributed by atoms with E-state index in [-0.39, 0.29) is 11.3 Å². The lowest BCUT2D eigenvalue weighted by Crippen LogP contribution is -2.30. The molecule has 6 heteroatoms. The lowest BCUT2D eigenvalue weighted by atomic mass is 9.85. The molecule has 0 aromatic carbocycles. The van der Waals surface area contributed by atoms with E-state index < -0.39 is 0 Å². The molecule has 0 aliphatic carbocycles. The van der Waals surface area contributed by atoms with Crippen molar-refractivity contribution in [1.29, 1.82) is 0 Å². The number of halogens is 1. The molecule has 0 bridgehead atoms. The first-order valence-corrected chi connectivity index (χ1v) is 8.38. The Morgan fingerprint density at radius 2 is 2.19 bits per heavy atom. The van der Waals surface area contributed by atoms with Gasteiger partial charge in [0.15, 0.2) is 5.82 Å². The third kappa shape index (κ3) is 3.19. The van der Waals surface area contributed by atoms with Crippen molar-refractivity contribution < 1.29 is 4.79 Å². The van der Waals surface area contributed by atoms with Crippen LogP contribution in [-0.2, 0) is 11.3 Å². The molecule has 2 aromatic rings. The van der Waals surface area contributed by atoms with Crippen LogP contribution in [0, 0.1) is 5.41 Å². The molecular formula is C15H18ClN3OS. The van der Waals surface area contributed by atoms with Crippen molar-refractivity contribution in [3.63, 3.8) is 0 Å². The van der Waals surface area contributed by atoms with Crippen LogP contribution < -0.4 is 0 Å². The van der Waals surface area contributed by atoms with Crippen LogP contribution in [0.4, 0.5) is 0 Å². The van der Waals surface area contributed by atoms with Crippen LogP contribution in [0.1, 0.15) is 38.9 Å². The molecule has 21 heavy (non-hydrogen) atoms. The summed E-state index contributed by atoms with van der Waals surface area (Å²) in [6.45, 7) is 5.64. The zero-order valence-corrected chi connectivity index (χ0v) is 13.8. The summed E-state index contributed by atoms with van der Waals surface area (Å²) in [5, 5.41) is 3.31. The molecule has 0 spiro atoms. The summed E-state index contributed by atoms with van der Waals surface area (Å²) in [4.78, 5) is 23.8. The minimum absolute atomic E-state index is 0.187. The maximum atomic E-state index is 12.2. The number of fused-ring (bicyclic) bond motifs is 1. The van der Waals surface area contributed by atoms with Gasteiger partial charge in [-0.25, -0.2) is 9.97 Å². The predicted octanol–water partition coefficient (Wildman–Crippen LogP) is 3.88. The van der Waals surface area contributed by atoms with Crippen molar-refractivity contribution in [3.05, 3.63) is 22.4 Å². The monoisotopic (exact) mass is 323 g/mol. The van der Waals surface area contributed by atoms with E-state index in [9.17, 15) is 4.79 Å². The van der Waals surface area contributed by atoms with E-state index in [1.807, 2.05) is 16.3 Å². The van der Waals surface area contributed by atoms with Gasteiger partial charge in [-0.15, -0.1) is 11.3 Å². The zero-order valence-electron chi connectivity index (χ0n) is 12.2. The van der Waals surface area contributed by atoms with E-state index in [4.69, 9.17) is 11.6 Å². The lowest BCUT2D eigenvalue weighted by Gasteiger charge is -2.23. The number of nitrogens with zero attached hydrogens (tertiary/aromatic N) is 3. The molecule has 0 saturated carbocycles. The number of thiophene rings is 1. The predicted molar refractivity (Wildman–Crippen MR) is 85.5 cm³/mol. The quantitative estimate of drug-likeness (QED) is 0.788. The highest BCUT2D eigenvalue weighted by atomic mass is 35.5. The second-order valence-corrected chi connectivity index (χ2v) is 7.55. The number of aromatic nitrogens is 2. The number of amides is 1. The van der Waals surface area contributed by atoms with Crippen LogP contribution in [0.15, 0.2) is 11.4 Å². The molecule has 4 nitrogen and oxygen atoms in total. The summed E-state index contributed by atoms with van der Waals surface area (Å²) in [6, 6.07) is 1.92. The smallest absolute Gasteiger partial charge is 0.222 e. The summed E-state index contributed by atoms with van der Waals surface area (Å²) in [5.74, 6) is 0.814. The summed E-state index contributed by atoms with van der Waals surface area (Å²) in [6.07, 6.45) is 2.55. The molecule has 0 N–H and O–H groups in total. The minimum atomic E-state index is 0.187. The highest BCUT2D eigenvalue weighted by Crippen LogP contribution is 2.31. The molecular weight excluding hydrogens is 306 g/mol. The van der Waals surface area contributed by atoms with Crippen molar-refractivity contribution in [1.82, 2.24) is 14.9 Å². The maximum Gasteiger partial charge on any atom is 0.222 e. The van der Waals surface area contributed by atoms with Crippen LogP contribution in [0.5, 0.6) is 0 Å². The summed E-state index contributed by atoms with van der Waals surface area (Å²) >= 11 is 7.73. The van der Waals surface area contributed by atoms with Gasteiger partial charge in [0, 0.05) is 18.4 Å². The third-order valence-electron chi connectivity index (χ3n) is 4.08. The Kier molecular flexibility index (Phi) is 3.88. The minimum Gasteiger partial charge on any atom is -0.335 e. The van der Waals surface area contributed by atoms with Gasteiger partial charge in [-0.3, -0.25) is 4.79 Å². The number of carbonyl (C=O) groups excluding carboxylic acids is 1. The highest BCUT2D eigenvalue weighted by Gasteiger charge is 2.27. The molecule has 1 amide bonds. The Morgan fingerprint density at radius 1 is 1.38 bits per heavy atom. The van der Waals surface area contributed by atoms with Crippen LogP contribution >= 0.6 is 22.9 Å². The summed E-state index contributed by atoms with van der Waals surface area (Å²) in [7, 11) is 0. The van der Waals surface area contributed by atoms with Gasteiger partial charge in [0.2, 0.25) is 5.91 Å². The van der Waals surface area contributed by atoms with Crippen LogP contribution in [0.3, 0.4) is 0 Å². The van der Waals surface area contributed by atoms with Gasteiger partial charge in [0.1, 0.15) is 9.98 Å². The first-order valence-electron chi connectivity index (χ1n) is 7.12. The normalized spacial score (nSPS) is 19.0. The average Bonchev–Trinajstić information content (AvgIpc) is 2.85. The van der Waals surface area contributed by atoms with Gasteiger partial charge in [-0.2, -0.15) is 0 Å². The van der Waals surface area contributed by atoms with Crippen molar-refractivity contribution in [2.45, 2.75) is 39.7 Å². The van der Waals surface area contributed by atoms with Crippen molar-refractivity contribution in [3.8, 4) is 0 Å². The van der Waals surface area contributed by atoms with E-state index in [0.717, 1.165) is 29.6 Å². The first kappa shape index (κ1) is 14.7. The molecule has 1 aliphatic rings. The van der Waals surface area contributed by atoms with Gasteiger partial charge < -0.3 is 4.90 Å². The number of likely N-dealkylation sites (tertiary alicyclic amines) is 1. The molecule has 112 valence electrons. The second kappa shape index (κ2) is 5.54. The fraction of sp³-hybridized carbons (Fsp3) is 0.533. The van der Waals surface area contributed by atoms with Crippen molar-refractivity contribution >= 4 is 39.1 Å². The average molecular weight is 324 g/mol. The van der Waals surface area contributed by atoms with E-state index in [1.165, 1.54) is 0 Å². The van der Waals surface area contributed by atoms with Crippen LogP contribution in [0.25, 0.3) is 10.2 Å². The molecule has 1 fully saturated rings. The molecule has 0 atom stereocenters. The first-order chi connectivity index (χ1) is 9.94. The van der Waals surface area contributed by atoms with E-state index >= 15 is 0 Å². The number of carbonyl (C=O) groups is 1. The molecule has 3 heterocycles. The largest absolute Gasteiger partial charge is 0.335 e. The molecule has 0 radical (unpaired) electrons. The van der Waals surface area contributed by atoms with E-state index in [0.29, 0.717) is 23.9 Å². The SMILES string of the molecule is CC1(C)CCC(=O)N(Cc2nc(Cl)c3ccsc3n2)CC1. The Bertz CT molecular complexity index is 683. The highest BCUT2D eigenvalue weighted by molar-refractivity contribution is 7.16. The maximum absolute atomic E-state index is 12.2. The standard InChI is InChI=1S/C15H18ClN3OS/c1-15(2)5-3-12(20)19(7-6-15)9-11-17-13(16)10-4-8-21-14(10)18-11/h4,8H,3,5-7,9H2,1-2H3. The van der Waals surface area contributed by atoms with Gasteiger partial charge in [0.05, 0.1) is 6.54 Å². The second-order valence-electron chi connectivity index (χ2n) is 6.30. The number of rotatable bonds is 2. The molecule has 1 saturated heterocycles. The fourth-order valence-electron chi connectivity index (χ4n) is 2.56.